The van der Waals surface area contributed by atoms with Crippen LogP contribution in [-0.4, -0.2) is 29.8 Å². The summed E-state index contributed by atoms with van der Waals surface area (Å²) in [7, 11) is 0. The van der Waals surface area contributed by atoms with Crippen molar-refractivity contribution in [3.63, 3.8) is 0 Å². The van der Waals surface area contributed by atoms with Gasteiger partial charge in [0.25, 0.3) is 0 Å². The molecule has 2 aliphatic rings. The number of carbonyl (C=O) groups is 2. The lowest BCUT2D eigenvalue weighted by atomic mass is 9.77. The normalized spacial score (nSPS) is 20.8. The molecule has 3 aromatic carbocycles. The molecule has 1 saturated carbocycles. The minimum Gasteiger partial charge on any atom is -0.487 e. The van der Waals surface area contributed by atoms with E-state index in [9.17, 15) is 14.0 Å². The Bertz CT molecular complexity index is 1340. The summed E-state index contributed by atoms with van der Waals surface area (Å²) in [6, 6.07) is 17.9. The van der Waals surface area contributed by atoms with Crippen LogP contribution in [0.5, 0.6) is 5.75 Å². The smallest absolute Gasteiger partial charge is 0.326 e. The lowest BCUT2D eigenvalue weighted by molar-refractivity contribution is -0.138. The predicted octanol–water partition coefficient (Wildman–Crippen LogP) is 7.71. The van der Waals surface area contributed by atoms with Crippen LogP contribution >= 0.6 is 11.6 Å². The number of carboxylic acid groups (broad SMARTS) is 1. The number of urea groups is 1. The van der Waals surface area contributed by atoms with Crippen molar-refractivity contribution < 1.29 is 23.8 Å². The summed E-state index contributed by atoms with van der Waals surface area (Å²) < 4.78 is 20.3. The van der Waals surface area contributed by atoms with Gasteiger partial charge < -0.3 is 15.2 Å². The highest BCUT2D eigenvalue weighted by molar-refractivity contribution is 6.30. The molecule has 1 aliphatic carbocycles. The predicted molar refractivity (Wildman–Crippen MR) is 147 cm³/mol. The third kappa shape index (κ3) is 5.78. The first kappa shape index (κ1) is 26.0. The molecule has 1 atom stereocenters. The number of fused-ring (bicyclic) bond motifs is 1. The second-order valence-corrected chi connectivity index (χ2v) is 10.6. The first-order valence-electron chi connectivity index (χ1n) is 12.9. The summed E-state index contributed by atoms with van der Waals surface area (Å²) in [6.07, 6.45) is 3.96. The fourth-order valence-corrected chi connectivity index (χ4v) is 5.64. The van der Waals surface area contributed by atoms with E-state index in [0.717, 1.165) is 42.9 Å². The van der Waals surface area contributed by atoms with E-state index in [1.165, 1.54) is 17.7 Å². The molecule has 1 aliphatic heterocycles. The zero-order valence-corrected chi connectivity index (χ0v) is 21.9. The molecule has 0 saturated heterocycles. The van der Waals surface area contributed by atoms with Gasteiger partial charge >= 0.3 is 12.0 Å². The Hall–Kier alpha value is -3.58. The maximum absolute atomic E-state index is 14.2. The largest absolute Gasteiger partial charge is 0.487 e. The zero-order chi connectivity index (χ0) is 26.8. The molecule has 1 heterocycles. The monoisotopic (exact) mass is 536 g/mol. The number of anilines is 2. The Balaban J connectivity index is 1.30. The number of carbonyl (C=O) groups excluding carboxylic acids is 1. The Kier molecular flexibility index (Phi) is 7.56. The van der Waals surface area contributed by atoms with Crippen molar-refractivity contribution in [2.75, 3.05) is 16.8 Å². The SMILES string of the molecule is CC1CN(C(=O)Nc2ccc(Cl)cc2F)c2ccc(-c3ccc([C@H]4CC[C@H](CC(=O)O)CC4)cc3)cc2O1. The second kappa shape index (κ2) is 11.0. The van der Waals surface area contributed by atoms with Crippen LogP contribution in [0.25, 0.3) is 11.1 Å². The minimum absolute atomic E-state index is 0.0622. The lowest BCUT2D eigenvalue weighted by Gasteiger charge is -2.33. The molecule has 5 rings (SSSR count). The molecule has 0 spiro atoms. The van der Waals surface area contributed by atoms with Crippen LogP contribution in [0.4, 0.5) is 20.6 Å². The number of carboxylic acids is 1. The quantitative estimate of drug-likeness (QED) is 0.350. The third-order valence-electron chi connectivity index (χ3n) is 7.46. The summed E-state index contributed by atoms with van der Waals surface area (Å²) in [5, 5.41) is 11.9. The van der Waals surface area contributed by atoms with Gasteiger partial charge in [-0.2, -0.15) is 0 Å². The number of hydrogen-bond acceptors (Lipinski definition) is 3. The molecule has 0 radical (unpaired) electrons. The van der Waals surface area contributed by atoms with Crippen LogP contribution in [0.15, 0.2) is 60.7 Å². The standard InChI is InChI=1S/C30H30ClFN2O4/c1-18-17-34(30(37)33-26-12-11-24(31)16-25(26)32)27-13-10-23(15-28(27)38-18)22-8-6-21(7-9-22)20-4-2-19(3-5-20)14-29(35)36/h6-13,15-16,18-20H,2-5,14,17H2,1H3,(H,33,37)(H,35,36)/t18?,19-,20-. The highest BCUT2D eigenvalue weighted by Gasteiger charge is 2.29. The molecular weight excluding hydrogens is 507 g/mol. The summed E-state index contributed by atoms with van der Waals surface area (Å²) >= 11 is 5.82. The van der Waals surface area contributed by atoms with E-state index in [1.54, 1.807) is 4.90 Å². The highest BCUT2D eigenvalue weighted by atomic mass is 35.5. The number of hydrogen-bond donors (Lipinski definition) is 2. The molecule has 0 bridgehead atoms. The number of amides is 2. The van der Waals surface area contributed by atoms with Gasteiger partial charge in [0.05, 0.1) is 17.9 Å². The number of ether oxygens (including phenoxy) is 1. The molecule has 2 amide bonds. The molecule has 8 heteroatoms. The first-order valence-corrected chi connectivity index (χ1v) is 13.3. The number of halogens is 2. The van der Waals surface area contributed by atoms with Crippen molar-refractivity contribution in [2.24, 2.45) is 5.92 Å². The van der Waals surface area contributed by atoms with E-state index in [4.69, 9.17) is 21.4 Å². The van der Waals surface area contributed by atoms with E-state index >= 15 is 0 Å². The Morgan fingerprint density at radius 2 is 1.74 bits per heavy atom. The number of nitrogens with zero attached hydrogens (tertiary/aromatic N) is 1. The molecule has 0 aromatic heterocycles. The van der Waals surface area contributed by atoms with E-state index in [-0.39, 0.29) is 29.2 Å². The van der Waals surface area contributed by atoms with E-state index in [0.29, 0.717) is 23.9 Å². The second-order valence-electron chi connectivity index (χ2n) is 10.2. The minimum atomic E-state index is -0.708. The van der Waals surface area contributed by atoms with Crippen molar-refractivity contribution in [1.82, 2.24) is 0 Å². The number of rotatable bonds is 5. The molecule has 1 fully saturated rings. The topological polar surface area (TPSA) is 78.9 Å². The Morgan fingerprint density at radius 1 is 1.03 bits per heavy atom. The van der Waals surface area contributed by atoms with Gasteiger partial charge in [-0.3, -0.25) is 9.69 Å². The third-order valence-corrected chi connectivity index (χ3v) is 7.70. The number of nitrogens with one attached hydrogen (secondary N) is 1. The molecule has 1 unspecified atom stereocenters. The Labute approximate surface area is 226 Å². The van der Waals surface area contributed by atoms with Crippen molar-refractivity contribution in [1.29, 1.82) is 0 Å². The van der Waals surface area contributed by atoms with Gasteiger partial charge in [0, 0.05) is 11.4 Å². The molecule has 6 nitrogen and oxygen atoms in total. The van der Waals surface area contributed by atoms with Crippen molar-refractivity contribution in [3.05, 3.63) is 77.1 Å². The van der Waals surface area contributed by atoms with Gasteiger partial charge in [-0.15, -0.1) is 0 Å². The van der Waals surface area contributed by atoms with Crippen molar-refractivity contribution >= 4 is 35.0 Å². The average molecular weight is 537 g/mol. The van der Waals surface area contributed by atoms with E-state index in [2.05, 4.69) is 29.6 Å². The number of benzene rings is 3. The molecular formula is C30H30ClFN2O4. The van der Waals surface area contributed by atoms with Crippen LogP contribution in [0.1, 0.15) is 50.5 Å². The van der Waals surface area contributed by atoms with Gasteiger partial charge in [-0.1, -0.05) is 41.9 Å². The highest BCUT2D eigenvalue weighted by Crippen LogP contribution is 2.40. The number of aliphatic carboxylic acids is 1. The van der Waals surface area contributed by atoms with Gasteiger partial charge in [0.2, 0.25) is 0 Å². The van der Waals surface area contributed by atoms with Gasteiger partial charge in [0.1, 0.15) is 17.7 Å². The van der Waals surface area contributed by atoms with Crippen molar-refractivity contribution in [3.8, 4) is 16.9 Å². The maximum atomic E-state index is 14.2. The lowest BCUT2D eigenvalue weighted by Crippen LogP contribution is -2.44. The molecule has 198 valence electrons. The molecule has 2 N–H and O–H groups in total. The van der Waals surface area contributed by atoms with Crippen LogP contribution in [0, 0.1) is 11.7 Å². The fourth-order valence-electron chi connectivity index (χ4n) is 5.48. The van der Waals surface area contributed by atoms with Crippen LogP contribution in [0.2, 0.25) is 5.02 Å². The summed E-state index contributed by atoms with van der Waals surface area (Å²) in [4.78, 5) is 25.6. The van der Waals surface area contributed by atoms with E-state index < -0.39 is 17.8 Å². The Morgan fingerprint density at radius 3 is 2.42 bits per heavy atom. The van der Waals surface area contributed by atoms with Crippen LogP contribution in [0.3, 0.4) is 0 Å². The fraction of sp³-hybridized carbons (Fsp3) is 0.333. The average Bonchev–Trinajstić information content (AvgIpc) is 2.89. The summed E-state index contributed by atoms with van der Waals surface area (Å²) in [6.45, 7) is 2.22. The molecule has 3 aromatic rings. The van der Waals surface area contributed by atoms with Crippen LogP contribution in [-0.2, 0) is 4.79 Å². The maximum Gasteiger partial charge on any atom is 0.326 e. The van der Waals surface area contributed by atoms with Crippen LogP contribution < -0.4 is 15.0 Å². The van der Waals surface area contributed by atoms with Gasteiger partial charge in [-0.05, 0) is 91.5 Å². The first-order chi connectivity index (χ1) is 18.3. The summed E-state index contributed by atoms with van der Waals surface area (Å²) in [5.74, 6) is 0.0286. The summed E-state index contributed by atoms with van der Waals surface area (Å²) in [5.41, 5.74) is 3.97. The van der Waals surface area contributed by atoms with Gasteiger partial charge in [0.15, 0.2) is 0 Å². The molecule has 38 heavy (non-hydrogen) atoms. The van der Waals surface area contributed by atoms with Crippen molar-refractivity contribution in [2.45, 2.75) is 51.0 Å². The van der Waals surface area contributed by atoms with E-state index in [1.807, 2.05) is 25.1 Å². The van der Waals surface area contributed by atoms with Gasteiger partial charge in [-0.25, -0.2) is 9.18 Å². The zero-order valence-electron chi connectivity index (χ0n) is 21.1.